The maximum absolute atomic E-state index is 13.5. The lowest BCUT2D eigenvalue weighted by atomic mass is 10.2. The number of nitrogens with zero attached hydrogens (tertiary/aromatic N) is 5. The third-order valence-corrected chi connectivity index (χ3v) is 7.51. The molecule has 2 fully saturated rings. The van der Waals surface area contributed by atoms with Crippen LogP contribution in [0.25, 0.3) is 11.7 Å². The number of benzene rings is 1. The van der Waals surface area contributed by atoms with Gasteiger partial charge < -0.3 is 14.5 Å². The second kappa shape index (κ2) is 9.11. The van der Waals surface area contributed by atoms with Crippen molar-refractivity contribution in [2.75, 3.05) is 50.1 Å². The summed E-state index contributed by atoms with van der Waals surface area (Å²) in [6, 6.07) is 13.5. The summed E-state index contributed by atoms with van der Waals surface area (Å²) < 4.78 is 7.24. The van der Waals surface area contributed by atoms with E-state index < -0.39 is 0 Å². The Kier molecular flexibility index (Phi) is 6.01. The maximum atomic E-state index is 13.5. The molecule has 2 aliphatic rings. The Morgan fingerprint density at radius 3 is 2.38 bits per heavy atom. The van der Waals surface area contributed by atoms with Gasteiger partial charge in [0.05, 0.1) is 17.6 Å². The lowest BCUT2D eigenvalue weighted by Gasteiger charge is -2.37. The summed E-state index contributed by atoms with van der Waals surface area (Å²) in [4.78, 5) is 37.2. The van der Waals surface area contributed by atoms with Crippen LogP contribution in [0.5, 0.6) is 5.75 Å². The van der Waals surface area contributed by atoms with Crippen LogP contribution in [-0.2, 0) is 4.79 Å². The van der Waals surface area contributed by atoms with Crippen LogP contribution in [0.4, 0.5) is 11.5 Å². The van der Waals surface area contributed by atoms with Gasteiger partial charge in [0.2, 0.25) is 0 Å². The Morgan fingerprint density at radius 1 is 1.03 bits per heavy atom. The first-order chi connectivity index (χ1) is 16.5. The fourth-order valence-electron chi connectivity index (χ4n) is 4.10. The average molecular weight is 494 g/mol. The van der Waals surface area contributed by atoms with E-state index in [1.165, 1.54) is 21.1 Å². The smallest absolute Gasteiger partial charge is 0.267 e. The van der Waals surface area contributed by atoms with E-state index in [0.717, 1.165) is 24.5 Å². The Morgan fingerprint density at radius 2 is 1.74 bits per heavy atom. The second-order valence-electron chi connectivity index (χ2n) is 8.00. The number of fused-ring (bicyclic) bond motifs is 1. The Hall–Kier alpha value is -3.37. The number of thioether (sulfide) groups is 1. The molecular formula is C24H23N5O3S2. The van der Waals surface area contributed by atoms with E-state index in [1.807, 2.05) is 36.4 Å². The molecule has 5 rings (SSSR count). The number of methoxy groups -OCH3 is 1. The number of aromatic nitrogens is 2. The Bertz CT molecular complexity index is 1360. The van der Waals surface area contributed by atoms with Crippen molar-refractivity contribution in [3.63, 3.8) is 0 Å². The van der Waals surface area contributed by atoms with Crippen LogP contribution in [-0.4, -0.2) is 64.8 Å². The number of hydrogen-bond donors (Lipinski definition) is 0. The molecule has 2 saturated heterocycles. The van der Waals surface area contributed by atoms with E-state index in [-0.39, 0.29) is 11.5 Å². The Labute approximate surface area is 206 Å². The lowest BCUT2D eigenvalue weighted by Crippen LogP contribution is -2.47. The fraction of sp³-hybridized carbons (Fsp3) is 0.250. The standard InChI is InChI=1S/C24H23N5O3S2/c1-26-23(31)19(34-24(26)33)15-18-21(25-20-5-3-4-10-29(20)22(18)30)28-13-11-27(12-14-28)16-6-8-17(32-2)9-7-16/h3-10,15H,11-14H2,1-2H3/b19-15+. The summed E-state index contributed by atoms with van der Waals surface area (Å²) in [5.74, 6) is 1.21. The molecule has 0 aliphatic carbocycles. The van der Waals surface area contributed by atoms with Gasteiger partial charge in [-0.15, -0.1) is 0 Å². The van der Waals surface area contributed by atoms with Gasteiger partial charge in [-0.05, 0) is 42.5 Å². The van der Waals surface area contributed by atoms with E-state index in [2.05, 4.69) is 9.80 Å². The van der Waals surface area contributed by atoms with Crippen molar-refractivity contribution in [1.29, 1.82) is 0 Å². The largest absolute Gasteiger partial charge is 0.497 e. The number of ether oxygens (including phenoxy) is 1. The molecule has 0 saturated carbocycles. The molecular weight excluding hydrogens is 470 g/mol. The summed E-state index contributed by atoms with van der Waals surface area (Å²) in [6.07, 6.45) is 3.33. The number of amides is 1. The molecule has 1 aromatic carbocycles. The Balaban J connectivity index is 1.49. The number of likely N-dealkylation sites (N-methyl/N-ethyl adjacent to an activating group) is 1. The van der Waals surface area contributed by atoms with Crippen LogP contribution < -0.4 is 20.1 Å². The minimum Gasteiger partial charge on any atom is -0.497 e. The molecule has 174 valence electrons. The molecule has 3 aromatic rings. The van der Waals surface area contributed by atoms with Crippen LogP contribution in [0, 0.1) is 0 Å². The van der Waals surface area contributed by atoms with Crippen molar-refractivity contribution < 1.29 is 9.53 Å². The van der Waals surface area contributed by atoms with Crippen molar-refractivity contribution in [1.82, 2.24) is 14.3 Å². The molecule has 0 unspecified atom stereocenters. The van der Waals surface area contributed by atoms with E-state index in [4.69, 9.17) is 21.9 Å². The van der Waals surface area contributed by atoms with E-state index in [9.17, 15) is 9.59 Å². The summed E-state index contributed by atoms with van der Waals surface area (Å²) >= 11 is 6.46. The van der Waals surface area contributed by atoms with Gasteiger partial charge >= 0.3 is 0 Å². The zero-order valence-electron chi connectivity index (χ0n) is 18.8. The van der Waals surface area contributed by atoms with Gasteiger partial charge in [-0.3, -0.25) is 18.9 Å². The number of hydrogen-bond acceptors (Lipinski definition) is 8. The number of anilines is 2. The highest BCUT2D eigenvalue weighted by Gasteiger charge is 2.30. The third kappa shape index (κ3) is 4.03. The van der Waals surface area contributed by atoms with Gasteiger partial charge in [0, 0.05) is 45.1 Å². The number of piperazine rings is 1. The van der Waals surface area contributed by atoms with Gasteiger partial charge in [-0.1, -0.05) is 30.0 Å². The van der Waals surface area contributed by atoms with E-state index >= 15 is 0 Å². The highest BCUT2D eigenvalue weighted by atomic mass is 32.2. The molecule has 10 heteroatoms. The predicted octanol–water partition coefficient (Wildman–Crippen LogP) is 2.86. The maximum Gasteiger partial charge on any atom is 0.267 e. The minimum absolute atomic E-state index is 0.206. The molecule has 34 heavy (non-hydrogen) atoms. The number of carbonyl (C=O) groups is 1. The number of pyridine rings is 1. The van der Waals surface area contributed by atoms with Crippen molar-refractivity contribution in [3.05, 3.63) is 69.5 Å². The molecule has 0 N–H and O–H groups in total. The van der Waals surface area contributed by atoms with E-state index in [1.54, 1.807) is 32.5 Å². The fourth-order valence-corrected chi connectivity index (χ4v) is 5.27. The number of rotatable bonds is 4. The molecule has 1 amide bonds. The van der Waals surface area contributed by atoms with Crippen LogP contribution >= 0.6 is 24.0 Å². The average Bonchev–Trinajstić information content (AvgIpc) is 3.12. The first kappa shape index (κ1) is 22.4. The minimum atomic E-state index is -0.209. The molecule has 4 heterocycles. The second-order valence-corrected chi connectivity index (χ2v) is 9.67. The molecule has 0 atom stereocenters. The first-order valence-electron chi connectivity index (χ1n) is 10.8. The number of thiocarbonyl (C=S) groups is 1. The van der Waals surface area contributed by atoms with Crippen LogP contribution in [0.1, 0.15) is 5.56 Å². The molecule has 0 bridgehead atoms. The summed E-state index contributed by atoms with van der Waals surface area (Å²) in [5.41, 5.74) is 1.88. The molecule has 2 aliphatic heterocycles. The van der Waals surface area contributed by atoms with Gasteiger partial charge in [-0.25, -0.2) is 4.98 Å². The normalized spacial score (nSPS) is 17.8. The molecule has 2 aromatic heterocycles. The summed E-state index contributed by atoms with van der Waals surface area (Å²) in [5, 5.41) is 0. The van der Waals surface area contributed by atoms with Gasteiger partial charge in [0.25, 0.3) is 11.5 Å². The lowest BCUT2D eigenvalue weighted by molar-refractivity contribution is -0.121. The monoisotopic (exact) mass is 493 g/mol. The predicted molar refractivity (Wildman–Crippen MR) is 140 cm³/mol. The molecule has 0 radical (unpaired) electrons. The summed E-state index contributed by atoms with van der Waals surface area (Å²) in [7, 11) is 3.30. The van der Waals surface area contributed by atoms with Crippen LogP contribution in [0.2, 0.25) is 0 Å². The molecule has 8 nitrogen and oxygen atoms in total. The van der Waals surface area contributed by atoms with Crippen LogP contribution in [0.3, 0.4) is 0 Å². The summed E-state index contributed by atoms with van der Waals surface area (Å²) in [6.45, 7) is 2.94. The third-order valence-electron chi connectivity index (χ3n) is 6.03. The van der Waals surface area contributed by atoms with Crippen molar-refractivity contribution in [2.45, 2.75) is 0 Å². The SMILES string of the molecule is COc1ccc(N2CCN(c3nc4ccccn4c(=O)c3/C=C3/SC(=S)N(C)C3=O)CC2)cc1. The van der Waals surface area contributed by atoms with Gasteiger partial charge in [0.1, 0.15) is 21.5 Å². The van der Waals surface area contributed by atoms with Crippen molar-refractivity contribution in [3.8, 4) is 5.75 Å². The van der Waals surface area contributed by atoms with E-state index in [0.29, 0.717) is 39.3 Å². The van der Waals surface area contributed by atoms with Gasteiger partial charge in [-0.2, -0.15) is 0 Å². The highest BCUT2D eigenvalue weighted by molar-refractivity contribution is 8.26. The first-order valence-corrected chi connectivity index (χ1v) is 12.1. The van der Waals surface area contributed by atoms with Gasteiger partial charge in [0.15, 0.2) is 0 Å². The number of carbonyl (C=O) groups excluding carboxylic acids is 1. The van der Waals surface area contributed by atoms with Crippen molar-refractivity contribution >= 4 is 57.4 Å². The zero-order valence-corrected chi connectivity index (χ0v) is 20.4. The topological polar surface area (TPSA) is 70.4 Å². The molecule has 0 spiro atoms. The zero-order chi connectivity index (χ0) is 23.8. The highest BCUT2D eigenvalue weighted by Crippen LogP contribution is 2.32. The van der Waals surface area contributed by atoms with Crippen LogP contribution in [0.15, 0.2) is 58.4 Å². The van der Waals surface area contributed by atoms with Crippen molar-refractivity contribution in [2.24, 2.45) is 0 Å². The quantitative estimate of drug-likeness (QED) is 0.406.